The lowest BCUT2D eigenvalue weighted by molar-refractivity contribution is 0.0450. The third-order valence-electron chi connectivity index (χ3n) is 0.421. The highest BCUT2D eigenvalue weighted by atomic mass is 16.3. The summed E-state index contributed by atoms with van der Waals surface area (Å²) in [5, 5.41) is 24.0. The Bertz CT molecular complexity index is 31.4. The Morgan fingerprint density at radius 2 is 1.33 bits per heavy atom. The summed E-state index contributed by atoms with van der Waals surface area (Å²) in [6.07, 6.45) is -0.954. The van der Waals surface area contributed by atoms with Gasteiger partial charge in [0, 0.05) is 0 Å². The van der Waals surface area contributed by atoms with E-state index in [0.717, 1.165) is 0 Å². The maximum absolute atomic E-state index is 8.17. The first kappa shape index (κ1) is 23.3. The standard InChI is InChI=1S/C3H8O3.H3N.2H2O/c4-1-3(6)2-5;;;/h3-6H,1-2H2;1H3;2*1H2. The van der Waals surface area contributed by atoms with Crippen LogP contribution >= 0.6 is 0 Å². The van der Waals surface area contributed by atoms with Crippen molar-refractivity contribution in [3.05, 3.63) is 0 Å². The molecule has 0 aromatic carbocycles. The summed E-state index contributed by atoms with van der Waals surface area (Å²) in [5.74, 6) is 0. The number of quaternary nitrogens is 1. The average Bonchev–Trinajstić information content (AvgIpc) is 1.65. The molecule has 0 saturated carbocycles. The van der Waals surface area contributed by atoms with Crippen LogP contribution < -0.4 is 6.15 Å². The molecule has 0 aromatic heterocycles. The van der Waals surface area contributed by atoms with E-state index >= 15 is 0 Å². The summed E-state index contributed by atoms with van der Waals surface area (Å²) in [6.45, 7) is -0.729. The van der Waals surface area contributed by atoms with Crippen LogP contribution in [0, 0.1) is 0 Å². The predicted molar refractivity (Wildman–Crippen MR) is 31.7 cm³/mol. The van der Waals surface area contributed by atoms with E-state index in [9.17, 15) is 0 Å². The van der Waals surface area contributed by atoms with Crippen molar-refractivity contribution in [2.45, 2.75) is 6.10 Å². The Morgan fingerprint density at radius 3 is 1.33 bits per heavy atom. The number of hydrogen-bond acceptors (Lipinski definition) is 4. The van der Waals surface area contributed by atoms with Crippen LogP contribution in [0.4, 0.5) is 0 Å². The van der Waals surface area contributed by atoms with Gasteiger partial charge in [-0.25, -0.2) is 0 Å². The van der Waals surface area contributed by atoms with E-state index in [1.807, 2.05) is 0 Å². The minimum absolute atomic E-state index is 0. The molecule has 0 aliphatic heterocycles. The molecule has 0 fully saturated rings. The fraction of sp³-hybridized carbons (Fsp3) is 1.00. The quantitative estimate of drug-likeness (QED) is 0.344. The van der Waals surface area contributed by atoms with Crippen molar-refractivity contribution in [2.75, 3.05) is 13.2 Å². The summed E-state index contributed by atoms with van der Waals surface area (Å²) in [5.41, 5.74) is 0. The number of rotatable bonds is 2. The lowest BCUT2D eigenvalue weighted by Gasteiger charge is -1.96. The monoisotopic (exact) mass is 145 g/mol. The maximum Gasteiger partial charge on any atom is 0.100 e. The first-order valence-corrected chi connectivity index (χ1v) is 1.71. The summed E-state index contributed by atoms with van der Waals surface area (Å²) < 4.78 is 0. The zero-order valence-corrected chi connectivity index (χ0v) is 5.28. The van der Waals surface area contributed by atoms with Crippen LogP contribution in [0.5, 0.6) is 0 Å². The van der Waals surface area contributed by atoms with Gasteiger partial charge < -0.3 is 32.4 Å². The van der Waals surface area contributed by atoms with Gasteiger partial charge in [-0.3, -0.25) is 0 Å². The van der Waals surface area contributed by atoms with Crippen LogP contribution in [0.15, 0.2) is 0 Å². The Balaban J connectivity index is -0.0000000417. The zero-order valence-electron chi connectivity index (χ0n) is 5.28. The second-order valence-electron chi connectivity index (χ2n) is 1.02. The van der Waals surface area contributed by atoms with E-state index < -0.39 is 6.10 Å². The van der Waals surface area contributed by atoms with E-state index in [2.05, 4.69) is 0 Å². The highest BCUT2D eigenvalue weighted by molar-refractivity contribution is 4.43. The summed E-state index contributed by atoms with van der Waals surface area (Å²) >= 11 is 0. The first-order chi connectivity index (χ1) is 2.81. The highest BCUT2D eigenvalue weighted by Gasteiger charge is 1.93. The van der Waals surface area contributed by atoms with Crippen LogP contribution in [0.25, 0.3) is 0 Å². The molecule has 0 amide bonds. The lowest BCUT2D eigenvalue weighted by Crippen LogP contribution is -2.15. The molecule has 0 heterocycles. The number of hydrogen-bond donors (Lipinski definition) is 4. The zero-order chi connectivity index (χ0) is 4.99. The second-order valence-corrected chi connectivity index (χ2v) is 1.02. The molecule has 0 saturated heterocycles. The Kier molecular flexibility index (Phi) is 40.5. The minimum Gasteiger partial charge on any atom is -0.870 e. The molecule has 0 bridgehead atoms. The van der Waals surface area contributed by atoms with Crippen LogP contribution in [-0.2, 0) is 0 Å². The minimum atomic E-state index is -0.954. The molecule has 10 N–H and O–H groups in total. The molecule has 0 aliphatic carbocycles. The van der Waals surface area contributed by atoms with Gasteiger partial charge in [-0.2, -0.15) is 0 Å². The smallest absolute Gasteiger partial charge is 0.100 e. The van der Waals surface area contributed by atoms with Crippen molar-refractivity contribution in [1.29, 1.82) is 0 Å². The first-order valence-electron chi connectivity index (χ1n) is 1.71. The van der Waals surface area contributed by atoms with E-state index in [1.54, 1.807) is 0 Å². The third kappa shape index (κ3) is 18.2. The van der Waals surface area contributed by atoms with Crippen molar-refractivity contribution in [3.63, 3.8) is 0 Å². The Morgan fingerprint density at radius 1 is 1.11 bits per heavy atom. The molecule has 6 heteroatoms. The number of aliphatic hydroxyl groups excluding tert-OH is 3. The van der Waals surface area contributed by atoms with Crippen molar-refractivity contribution >= 4 is 0 Å². The largest absolute Gasteiger partial charge is 0.870 e. The molecule has 0 radical (unpaired) electrons. The molecule has 0 aliphatic rings. The van der Waals surface area contributed by atoms with Crippen LogP contribution in [0.2, 0.25) is 0 Å². The third-order valence-corrected chi connectivity index (χ3v) is 0.421. The van der Waals surface area contributed by atoms with Gasteiger partial charge in [0.05, 0.1) is 13.2 Å². The highest BCUT2D eigenvalue weighted by Crippen LogP contribution is 1.71. The van der Waals surface area contributed by atoms with Crippen LogP contribution in [0.1, 0.15) is 0 Å². The fourth-order valence-corrected chi connectivity index (χ4v) is 0.0577. The van der Waals surface area contributed by atoms with E-state index in [0.29, 0.717) is 0 Å². The normalized spacial score (nSPS) is 6.67. The van der Waals surface area contributed by atoms with Gasteiger partial charge >= 0.3 is 0 Å². The SMILES string of the molecule is O.OCC(O)CO.[NH4+].[OH-]. The van der Waals surface area contributed by atoms with E-state index in [4.69, 9.17) is 15.3 Å². The average molecular weight is 145 g/mol. The second kappa shape index (κ2) is 15.7. The van der Waals surface area contributed by atoms with E-state index in [-0.39, 0.29) is 30.3 Å². The topological polar surface area (TPSA) is 159 Å². The molecule has 6 nitrogen and oxygen atoms in total. The molecule has 0 spiro atoms. The van der Waals surface area contributed by atoms with Gasteiger partial charge in [0.1, 0.15) is 6.10 Å². The fourth-order valence-electron chi connectivity index (χ4n) is 0.0577. The molecular weight excluding hydrogens is 130 g/mol. The summed E-state index contributed by atoms with van der Waals surface area (Å²) in [7, 11) is 0. The van der Waals surface area contributed by atoms with Gasteiger partial charge in [0.2, 0.25) is 0 Å². The summed E-state index contributed by atoms with van der Waals surface area (Å²) in [4.78, 5) is 0. The Hall–Kier alpha value is -0.240. The van der Waals surface area contributed by atoms with Crippen LogP contribution in [-0.4, -0.2) is 45.6 Å². The maximum atomic E-state index is 8.17. The van der Waals surface area contributed by atoms with Gasteiger partial charge in [-0.05, 0) is 0 Å². The predicted octanol–water partition coefficient (Wildman–Crippen LogP) is -2.29. The van der Waals surface area contributed by atoms with Crippen molar-refractivity contribution in [3.8, 4) is 0 Å². The molecular formula is C3H15NO5. The molecule has 0 atom stereocenters. The lowest BCUT2D eigenvalue weighted by atomic mass is 10.4. The number of aliphatic hydroxyl groups is 3. The van der Waals surface area contributed by atoms with Gasteiger partial charge in [-0.15, -0.1) is 0 Å². The van der Waals surface area contributed by atoms with Crippen molar-refractivity contribution in [2.24, 2.45) is 0 Å². The van der Waals surface area contributed by atoms with Crippen molar-refractivity contribution < 1.29 is 26.3 Å². The van der Waals surface area contributed by atoms with Gasteiger partial charge in [0.25, 0.3) is 0 Å². The van der Waals surface area contributed by atoms with E-state index in [1.165, 1.54) is 0 Å². The Labute approximate surface area is 52.9 Å². The van der Waals surface area contributed by atoms with Crippen LogP contribution in [0.3, 0.4) is 0 Å². The van der Waals surface area contributed by atoms with Gasteiger partial charge in [0.15, 0.2) is 0 Å². The molecule has 0 rings (SSSR count). The molecule has 62 valence electrons. The molecule has 9 heavy (non-hydrogen) atoms. The molecule has 0 aromatic rings. The summed E-state index contributed by atoms with van der Waals surface area (Å²) in [6, 6.07) is 0. The van der Waals surface area contributed by atoms with Gasteiger partial charge in [-0.1, -0.05) is 0 Å². The molecule has 0 unspecified atom stereocenters. The van der Waals surface area contributed by atoms with Crippen molar-refractivity contribution in [1.82, 2.24) is 6.15 Å².